The predicted octanol–water partition coefficient (Wildman–Crippen LogP) is 6.10. The molecule has 7 heteroatoms. The van der Waals surface area contributed by atoms with E-state index >= 15 is 0 Å². The molecular formula is C20H18N2O2S3. The molecule has 0 amide bonds. The Bertz CT molecular complexity index is 919. The largest absolute Gasteiger partial charge is 0.506 e. The average molecular weight is 415 g/mol. The minimum absolute atomic E-state index is 0.143. The van der Waals surface area contributed by atoms with Crippen molar-refractivity contribution in [3.8, 4) is 11.5 Å². The van der Waals surface area contributed by atoms with Crippen LogP contribution in [0.15, 0.2) is 66.9 Å². The van der Waals surface area contributed by atoms with Crippen LogP contribution in [0.3, 0.4) is 0 Å². The summed E-state index contributed by atoms with van der Waals surface area (Å²) in [5, 5.41) is 19.9. The van der Waals surface area contributed by atoms with Crippen molar-refractivity contribution in [2.75, 3.05) is 12.5 Å². The molecule has 3 rings (SSSR count). The molecule has 0 saturated carbocycles. The number of thiophene rings is 1. The molecule has 0 radical (unpaired) electrons. The van der Waals surface area contributed by atoms with Gasteiger partial charge in [-0.2, -0.15) is 0 Å². The molecule has 0 aliphatic rings. The number of hydrogen-bond acceptors (Lipinski definition) is 7. The highest BCUT2D eigenvalue weighted by Gasteiger charge is 2.15. The number of hydrogen-bond donors (Lipinski definition) is 2. The van der Waals surface area contributed by atoms with Crippen molar-refractivity contribution in [2.45, 2.75) is 8.42 Å². The van der Waals surface area contributed by atoms with E-state index in [1.165, 1.54) is 0 Å². The van der Waals surface area contributed by atoms with Gasteiger partial charge in [-0.15, -0.1) is 34.9 Å². The van der Waals surface area contributed by atoms with E-state index in [1.54, 1.807) is 83.7 Å². The van der Waals surface area contributed by atoms with Crippen molar-refractivity contribution in [1.29, 1.82) is 0 Å². The zero-order valence-electron chi connectivity index (χ0n) is 14.8. The van der Waals surface area contributed by atoms with Crippen LogP contribution >= 0.6 is 34.9 Å². The fourth-order valence-corrected chi connectivity index (χ4v) is 5.18. The lowest BCUT2D eigenvalue weighted by Crippen LogP contribution is -1.90. The first-order valence-electron chi connectivity index (χ1n) is 8.03. The van der Waals surface area contributed by atoms with Crippen molar-refractivity contribution < 1.29 is 10.2 Å². The number of thioether (sulfide) groups is 2. The van der Waals surface area contributed by atoms with Gasteiger partial charge >= 0.3 is 0 Å². The number of phenols is 2. The zero-order chi connectivity index (χ0) is 19.2. The molecule has 1 aromatic heterocycles. The van der Waals surface area contributed by atoms with Gasteiger partial charge in [0.15, 0.2) is 0 Å². The number of para-hydroxylation sites is 4. The summed E-state index contributed by atoms with van der Waals surface area (Å²) in [6.45, 7) is 0. The van der Waals surface area contributed by atoms with E-state index in [0.29, 0.717) is 11.4 Å². The van der Waals surface area contributed by atoms with Gasteiger partial charge in [-0.3, -0.25) is 9.98 Å². The fraction of sp³-hybridized carbons (Fsp3) is 0.100. The van der Waals surface area contributed by atoms with Gasteiger partial charge < -0.3 is 10.2 Å². The first-order chi connectivity index (χ1) is 13.1. The standard InChI is InChI=1S/C20H18N2O2S3/c1-25-19-13(11-21-15-7-3-5-9-17(15)23)14(20(26-2)27-19)12-22-16-8-4-6-10-18(16)24/h3-12,23-24H,1-2H3. The van der Waals surface area contributed by atoms with Crippen LogP contribution in [0.2, 0.25) is 0 Å². The molecule has 4 nitrogen and oxygen atoms in total. The lowest BCUT2D eigenvalue weighted by molar-refractivity contribution is 0.476. The summed E-state index contributed by atoms with van der Waals surface area (Å²) in [5.41, 5.74) is 2.95. The molecule has 2 aromatic carbocycles. The molecular weight excluding hydrogens is 396 g/mol. The Morgan fingerprint density at radius 3 is 1.52 bits per heavy atom. The van der Waals surface area contributed by atoms with E-state index in [4.69, 9.17) is 0 Å². The molecule has 0 saturated heterocycles. The second-order valence-electron chi connectivity index (χ2n) is 5.41. The number of aromatic hydroxyl groups is 2. The van der Waals surface area contributed by atoms with Crippen molar-refractivity contribution in [3.63, 3.8) is 0 Å². The average Bonchev–Trinajstić information content (AvgIpc) is 3.03. The van der Waals surface area contributed by atoms with Crippen LogP contribution in [0.5, 0.6) is 11.5 Å². The van der Waals surface area contributed by atoms with Gasteiger partial charge in [-0.1, -0.05) is 24.3 Å². The first-order valence-corrected chi connectivity index (χ1v) is 11.3. The van der Waals surface area contributed by atoms with Crippen molar-refractivity contribution in [2.24, 2.45) is 9.98 Å². The van der Waals surface area contributed by atoms with Gasteiger partial charge in [-0.25, -0.2) is 0 Å². The highest BCUT2D eigenvalue weighted by atomic mass is 32.2. The molecule has 3 aromatic rings. The second kappa shape index (κ2) is 9.12. The van der Waals surface area contributed by atoms with Crippen LogP contribution in [0, 0.1) is 0 Å². The highest BCUT2D eigenvalue weighted by molar-refractivity contribution is 8.02. The SMILES string of the molecule is CSc1sc(SC)c(C=Nc2ccccc2O)c1C=Nc1ccccc1O. The van der Waals surface area contributed by atoms with E-state index in [0.717, 1.165) is 19.5 Å². The molecule has 0 aliphatic heterocycles. The van der Waals surface area contributed by atoms with Crippen LogP contribution in [0.25, 0.3) is 0 Å². The molecule has 0 unspecified atom stereocenters. The fourth-order valence-electron chi connectivity index (χ4n) is 2.38. The van der Waals surface area contributed by atoms with Gasteiger partial charge in [0.05, 0.1) is 8.42 Å². The molecule has 0 atom stereocenters. The van der Waals surface area contributed by atoms with Crippen molar-refractivity contribution in [3.05, 3.63) is 59.7 Å². The quantitative estimate of drug-likeness (QED) is 0.377. The van der Waals surface area contributed by atoms with Crippen LogP contribution < -0.4 is 0 Å². The highest BCUT2D eigenvalue weighted by Crippen LogP contribution is 2.39. The number of nitrogens with zero attached hydrogens (tertiary/aromatic N) is 2. The summed E-state index contributed by atoms with van der Waals surface area (Å²) in [4.78, 5) is 8.93. The lowest BCUT2D eigenvalue weighted by Gasteiger charge is -2.01. The summed E-state index contributed by atoms with van der Waals surface area (Å²) >= 11 is 4.98. The Kier molecular flexibility index (Phi) is 6.60. The summed E-state index contributed by atoms with van der Waals surface area (Å²) in [6, 6.07) is 14.0. The van der Waals surface area contributed by atoms with E-state index in [-0.39, 0.29) is 11.5 Å². The van der Waals surface area contributed by atoms with E-state index < -0.39 is 0 Å². The second-order valence-corrected chi connectivity index (χ2v) is 8.58. The molecule has 138 valence electrons. The Morgan fingerprint density at radius 2 is 1.15 bits per heavy atom. The van der Waals surface area contributed by atoms with Gasteiger partial charge in [0, 0.05) is 23.6 Å². The van der Waals surface area contributed by atoms with Crippen molar-refractivity contribution >= 4 is 58.7 Å². The first kappa shape index (κ1) is 19.5. The molecule has 0 spiro atoms. The van der Waals surface area contributed by atoms with Gasteiger partial charge in [0.2, 0.25) is 0 Å². The third-order valence-corrected chi connectivity index (χ3v) is 7.21. The summed E-state index contributed by atoms with van der Waals surface area (Å²) in [7, 11) is 0. The predicted molar refractivity (Wildman–Crippen MR) is 119 cm³/mol. The molecule has 0 fully saturated rings. The maximum absolute atomic E-state index is 9.94. The zero-order valence-corrected chi connectivity index (χ0v) is 17.2. The number of aliphatic imine (C=N–C) groups is 2. The third kappa shape index (κ3) is 4.55. The lowest BCUT2D eigenvalue weighted by atomic mass is 10.2. The van der Waals surface area contributed by atoms with Crippen LogP contribution in [-0.2, 0) is 0 Å². The third-order valence-electron chi connectivity index (χ3n) is 3.72. The Balaban J connectivity index is 2.04. The summed E-state index contributed by atoms with van der Waals surface area (Å²) < 4.78 is 2.24. The Hall–Kier alpha value is -2.22. The monoisotopic (exact) mass is 414 g/mol. The Labute approximate surface area is 170 Å². The number of phenolic OH excluding ortho intramolecular Hbond substituents is 2. The molecule has 2 N–H and O–H groups in total. The Morgan fingerprint density at radius 1 is 0.741 bits per heavy atom. The molecule has 0 aliphatic carbocycles. The van der Waals surface area contributed by atoms with Gasteiger partial charge in [-0.05, 0) is 36.8 Å². The summed E-state index contributed by atoms with van der Waals surface area (Å²) in [6.07, 6.45) is 7.58. The molecule has 1 heterocycles. The topological polar surface area (TPSA) is 65.2 Å². The van der Waals surface area contributed by atoms with Crippen LogP contribution in [0.4, 0.5) is 11.4 Å². The van der Waals surface area contributed by atoms with E-state index in [2.05, 4.69) is 9.98 Å². The van der Waals surface area contributed by atoms with Gasteiger partial charge in [0.1, 0.15) is 22.9 Å². The normalized spacial score (nSPS) is 11.6. The smallest absolute Gasteiger partial charge is 0.141 e. The van der Waals surface area contributed by atoms with Crippen LogP contribution in [-0.4, -0.2) is 35.2 Å². The van der Waals surface area contributed by atoms with Crippen LogP contribution in [0.1, 0.15) is 11.1 Å². The van der Waals surface area contributed by atoms with Gasteiger partial charge in [0.25, 0.3) is 0 Å². The maximum Gasteiger partial charge on any atom is 0.141 e. The minimum Gasteiger partial charge on any atom is -0.506 e. The molecule has 27 heavy (non-hydrogen) atoms. The number of rotatable bonds is 6. The minimum atomic E-state index is 0.143. The number of benzene rings is 2. The van der Waals surface area contributed by atoms with Crippen molar-refractivity contribution in [1.82, 2.24) is 0 Å². The maximum atomic E-state index is 9.94. The van der Waals surface area contributed by atoms with E-state index in [9.17, 15) is 10.2 Å². The van der Waals surface area contributed by atoms with E-state index in [1.807, 2.05) is 24.6 Å². The molecule has 0 bridgehead atoms. The summed E-state index contributed by atoms with van der Waals surface area (Å²) in [5.74, 6) is 0.286.